The van der Waals surface area contributed by atoms with Crippen LogP contribution in [0.4, 0.5) is 5.69 Å². The van der Waals surface area contributed by atoms with E-state index in [2.05, 4.69) is 50.0 Å². The lowest BCUT2D eigenvalue weighted by Gasteiger charge is -2.35. The first-order valence-corrected chi connectivity index (χ1v) is 17.9. The number of anilines is 1. The van der Waals surface area contributed by atoms with E-state index in [1.807, 2.05) is 48.5 Å². The van der Waals surface area contributed by atoms with Gasteiger partial charge >= 0.3 is 0 Å². The number of fused-ring (bicyclic) bond motifs is 1. The van der Waals surface area contributed by atoms with Gasteiger partial charge < -0.3 is 24.4 Å². The van der Waals surface area contributed by atoms with Gasteiger partial charge in [0.25, 0.3) is 11.8 Å². The molecule has 49 heavy (non-hydrogen) atoms. The summed E-state index contributed by atoms with van der Waals surface area (Å²) in [6, 6.07) is 26.1. The van der Waals surface area contributed by atoms with Gasteiger partial charge in [0.2, 0.25) is 0 Å². The van der Waals surface area contributed by atoms with Crippen LogP contribution in [0.1, 0.15) is 52.8 Å². The van der Waals surface area contributed by atoms with E-state index in [-0.39, 0.29) is 11.8 Å². The van der Waals surface area contributed by atoms with Crippen molar-refractivity contribution in [3.8, 4) is 17.1 Å². The Morgan fingerprint density at radius 2 is 1.37 bits per heavy atom. The van der Waals surface area contributed by atoms with Crippen LogP contribution >= 0.6 is 0 Å². The second-order valence-electron chi connectivity index (χ2n) is 13.6. The smallest absolute Gasteiger partial charge is 0.261 e. The highest BCUT2D eigenvalue weighted by Crippen LogP contribution is 2.30. The minimum Gasteiger partial charge on any atom is -0.494 e. The highest BCUT2D eigenvalue weighted by Gasteiger charge is 2.32. The van der Waals surface area contributed by atoms with Crippen molar-refractivity contribution in [2.75, 3.05) is 70.4 Å². The lowest BCUT2D eigenvalue weighted by molar-refractivity contribution is 0.0597. The summed E-state index contributed by atoms with van der Waals surface area (Å²) in [4.78, 5) is 43.6. The number of hydrogen-bond acceptors (Lipinski definition) is 7. The number of ether oxygens (including phenoxy) is 1. The average molecular weight is 657 g/mol. The van der Waals surface area contributed by atoms with E-state index in [0.29, 0.717) is 24.3 Å². The monoisotopic (exact) mass is 656 g/mol. The number of nitrogens with zero attached hydrogens (tertiary/aromatic N) is 5. The molecule has 1 aromatic heterocycles. The third kappa shape index (κ3) is 6.65. The molecule has 4 aromatic carbocycles. The lowest BCUT2D eigenvalue weighted by Crippen LogP contribution is -2.47. The van der Waals surface area contributed by atoms with Gasteiger partial charge in [-0.3, -0.25) is 14.5 Å². The number of amides is 2. The van der Waals surface area contributed by atoms with Gasteiger partial charge in [0.15, 0.2) is 0 Å². The Hall–Kier alpha value is -4.73. The predicted octanol–water partition coefficient (Wildman–Crippen LogP) is 6.45. The van der Waals surface area contributed by atoms with Crippen molar-refractivity contribution < 1.29 is 14.3 Å². The van der Waals surface area contributed by atoms with E-state index >= 15 is 0 Å². The molecule has 1 N–H and O–H groups in total. The summed E-state index contributed by atoms with van der Waals surface area (Å²) >= 11 is 0. The maximum Gasteiger partial charge on any atom is 0.261 e. The molecular weight excluding hydrogens is 612 g/mol. The van der Waals surface area contributed by atoms with Crippen LogP contribution in [0.5, 0.6) is 5.75 Å². The lowest BCUT2D eigenvalue weighted by atomic mass is 9.94. The molecule has 2 saturated heterocycles. The molecule has 0 saturated carbocycles. The fourth-order valence-corrected chi connectivity index (χ4v) is 7.64. The summed E-state index contributed by atoms with van der Waals surface area (Å²) in [5.41, 5.74) is 5.66. The van der Waals surface area contributed by atoms with Crippen molar-refractivity contribution in [2.45, 2.75) is 32.1 Å². The summed E-state index contributed by atoms with van der Waals surface area (Å²) in [5.74, 6) is 1.41. The Morgan fingerprint density at radius 3 is 2.06 bits per heavy atom. The van der Waals surface area contributed by atoms with E-state index in [9.17, 15) is 9.59 Å². The van der Waals surface area contributed by atoms with Gasteiger partial charge in [-0.2, -0.15) is 0 Å². The van der Waals surface area contributed by atoms with Gasteiger partial charge in [0, 0.05) is 80.1 Å². The minimum atomic E-state index is -0.176. The fraction of sp³-hybridized carbons (Fsp3) is 0.375. The predicted molar refractivity (Wildman–Crippen MR) is 195 cm³/mol. The van der Waals surface area contributed by atoms with Crippen LogP contribution in [-0.2, 0) is 0 Å². The summed E-state index contributed by atoms with van der Waals surface area (Å²) in [6.45, 7) is 9.29. The molecule has 2 fully saturated rings. The van der Waals surface area contributed by atoms with Crippen LogP contribution < -0.4 is 9.64 Å². The van der Waals surface area contributed by atoms with Gasteiger partial charge in [-0.1, -0.05) is 24.3 Å². The van der Waals surface area contributed by atoms with Gasteiger partial charge in [-0.05, 0) is 98.6 Å². The molecule has 4 heterocycles. The van der Waals surface area contributed by atoms with Crippen LogP contribution in [0.25, 0.3) is 33.2 Å². The standard InChI is InChI=1S/C40H44N6O3/c47-39-33-10-4-8-29-9-5-11-34(37(29)33)40(48)46(39)22-6-18-43-23-25-44(26-24-43)19-7-27-49-32-15-12-30(13-16-32)38-41-35-17-14-31(28-36(35)42-38)45-20-2-1-3-21-45/h4-5,8-17,28H,1-3,6-7,18-27H2,(H,41,42). The van der Waals surface area contributed by atoms with E-state index < -0.39 is 0 Å². The Bertz CT molecular complexity index is 1910. The van der Waals surface area contributed by atoms with Crippen molar-refractivity contribution in [3.63, 3.8) is 0 Å². The SMILES string of the molecule is O=C1c2cccc3cccc(c23)C(=O)N1CCCN1CCN(CCCOc2ccc(-c3nc4ccc(N5CCCCC5)cc4[nH]3)cc2)CC1. The molecule has 5 aromatic rings. The Labute approximate surface area is 287 Å². The summed E-state index contributed by atoms with van der Waals surface area (Å²) < 4.78 is 6.09. The Balaban J connectivity index is 0.750. The van der Waals surface area contributed by atoms with E-state index in [0.717, 1.165) is 104 Å². The number of hydrogen-bond donors (Lipinski definition) is 1. The number of rotatable bonds is 11. The van der Waals surface area contributed by atoms with Gasteiger partial charge in [-0.25, -0.2) is 4.98 Å². The van der Waals surface area contributed by atoms with E-state index in [1.54, 1.807) is 0 Å². The van der Waals surface area contributed by atoms with Gasteiger partial charge in [0.1, 0.15) is 11.6 Å². The number of benzene rings is 4. The van der Waals surface area contributed by atoms with Crippen LogP contribution in [0.3, 0.4) is 0 Å². The van der Waals surface area contributed by atoms with Crippen molar-refractivity contribution in [1.29, 1.82) is 0 Å². The molecule has 0 bridgehead atoms. The molecule has 0 spiro atoms. The third-order valence-electron chi connectivity index (χ3n) is 10.4. The Kier molecular flexibility index (Phi) is 9.02. The number of carbonyl (C=O) groups excluding carboxylic acids is 2. The van der Waals surface area contributed by atoms with Crippen LogP contribution in [0, 0.1) is 0 Å². The first-order valence-electron chi connectivity index (χ1n) is 17.9. The molecule has 9 nitrogen and oxygen atoms in total. The van der Waals surface area contributed by atoms with Crippen molar-refractivity contribution in [1.82, 2.24) is 24.7 Å². The first-order chi connectivity index (χ1) is 24.1. The van der Waals surface area contributed by atoms with Crippen molar-refractivity contribution >= 4 is 39.3 Å². The molecule has 0 atom stereocenters. The molecular formula is C40H44N6O3. The number of imide groups is 1. The highest BCUT2D eigenvalue weighted by atomic mass is 16.5. The second kappa shape index (κ2) is 14.0. The molecule has 3 aliphatic heterocycles. The molecule has 3 aliphatic rings. The molecule has 252 valence electrons. The molecule has 0 radical (unpaired) electrons. The van der Waals surface area contributed by atoms with Crippen LogP contribution in [0.15, 0.2) is 78.9 Å². The van der Waals surface area contributed by atoms with Gasteiger partial charge in [0.05, 0.1) is 17.6 Å². The van der Waals surface area contributed by atoms with Gasteiger partial charge in [-0.15, -0.1) is 0 Å². The first kappa shape index (κ1) is 31.5. The number of imidazole rings is 1. The zero-order valence-corrected chi connectivity index (χ0v) is 28.1. The third-order valence-corrected chi connectivity index (χ3v) is 10.4. The zero-order chi connectivity index (χ0) is 33.2. The van der Waals surface area contributed by atoms with E-state index in [1.165, 1.54) is 29.8 Å². The highest BCUT2D eigenvalue weighted by molar-refractivity contribution is 6.25. The normalized spacial score (nSPS) is 17.4. The number of H-pyrrole nitrogens is 1. The number of carbonyl (C=O) groups is 2. The summed E-state index contributed by atoms with van der Waals surface area (Å²) in [7, 11) is 0. The van der Waals surface area contributed by atoms with Crippen LogP contribution in [-0.4, -0.2) is 102 Å². The summed E-state index contributed by atoms with van der Waals surface area (Å²) in [5, 5.41) is 1.73. The quantitative estimate of drug-likeness (QED) is 0.129. The maximum absolute atomic E-state index is 13.2. The Morgan fingerprint density at radius 1 is 0.694 bits per heavy atom. The largest absolute Gasteiger partial charge is 0.494 e. The number of aromatic amines is 1. The fourth-order valence-electron chi connectivity index (χ4n) is 7.64. The molecule has 9 heteroatoms. The molecule has 0 aliphatic carbocycles. The number of piperidine rings is 1. The molecule has 8 rings (SSSR count). The topological polar surface area (TPSA) is 85.0 Å². The number of nitrogens with one attached hydrogen (secondary N) is 1. The van der Waals surface area contributed by atoms with E-state index in [4.69, 9.17) is 9.72 Å². The second-order valence-corrected chi connectivity index (χ2v) is 13.6. The minimum absolute atomic E-state index is 0.176. The van der Waals surface area contributed by atoms with Crippen LogP contribution in [0.2, 0.25) is 0 Å². The number of aromatic nitrogens is 2. The maximum atomic E-state index is 13.2. The molecule has 0 unspecified atom stereocenters. The average Bonchev–Trinajstić information content (AvgIpc) is 3.59. The zero-order valence-electron chi connectivity index (χ0n) is 28.1. The van der Waals surface area contributed by atoms with Crippen molar-refractivity contribution in [3.05, 3.63) is 90.0 Å². The van der Waals surface area contributed by atoms with Crippen molar-refractivity contribution in [2.24, 2.45) is 0 Å². The summed E-state index contributed by atoms with van der Waals surface area (Å²) in [6.07, 6.45) is 5.61. The molecule has 2 amide bonds. The number of piperazine rings is 1.